The first-order valence-corrected chi connectivity index (χ1v) is 7.13. The van der Waals surface area contributed by atoms with Crippen LogP contribution in [0.25, 0.3) is 0 Å². The minimum atomic E-state index is -0.307. The molecule has 0 aliphatic carbocycles. The topological polar surface area (TPSA) is 50.7 Å². The van der Waals surface area contributed by atoms with Gasteiger partial charge in [0, 0.05) is 23.9 Å². The molecule has 0 radical (unpaired) electrons. The summed E-state index contributed by atoms with van der Waals surface area (Å²) in [4.78, 5) is 0. The van der Waals surface area contributed by atoms with E-state index in [1.807, 2.05) is 26.1 Å². The van der Waals surface area contributed by atoms with E-state index in [0.29, 0.717) is 6.61 Å². The largest absolute Gasteiger partial charge is 0.490 e. The summed E-state index contributed by atoms with van der Waals surface area (Å²) in [6.07, 6.45) is 1.64. The van der Waals surface area contributed by atoms with Crippen LogP contribution in [0, 0.1) is 0 Å². The molecule has 1 aliphatic heterocycles. The molecule has 1 aliphatic rings. The maximum absolute atomic E-state index is 9.36. The van der Waals surface area contributed by atoms with Crippen molar-refractivity contribution in [2.24, 2.45) is 0 Å². The molecule has 1 aromatic carbocycles. The molecule has 1 atom stereocenters. The van der Waals surface area contributed by atoms with Crippen molar-refractivity contribution in [3.63, 3.8) is 0 Å². The first kappa shape index (κ1) is 15.1. The van der Waals surface area contributed by atoms with E-state index in [4.69, 9.17) is 9.47 Å². The van der Waals surface area contributed by atoms with Crippen molar-refractivity contribution in [3.05, 3.63) is 23.8 Å². The van der Waals surface area contributed by atoms with Crippen LogP contribution in [0.3, 0.4) is 0 Å². The molecule has 0 saturated heterocycles. The van der Waals surface area contributed by atoms with Gasteiger partial charge in [0.05, 0.1) is 13.2 Å². The second-order valence-corrected chi connectivity index (χ2v) is 6.35. The monoisotopic (exact) mass is 279 g/mol. The molecular formula is C16H25NO3. The highest BCUT2D eigenvalue weighted by Gasteiger charge is 2.32. The number of nitrogens with one attached hydrogen (secondary N) is 1. The summed E-state index contributed by atoms with van der Waals surface area (Å²) in [5.41, 5.74) is 0.732. The second kappa shape index (κ2) is 5.62. The molecule has 0 saturated carbocycles. The molecule has 20 heavy (non-hydrogen) atoms. The molecule has 0 spiro atoms. The van der Waals surface area contributed by atoms with Gasteiger partial charge in [0.15, 0.2) is 11.5 Å². The number of benzene rings is 1. The molecule has 0 amide bonds. The van der Waals surface area contributed by atoms with Crippen molar-refractivity contribution in [3.8, 4) is 11.5 Å². The lowest BCUT2D eigenvalue weighted by Gasteiger charge is -2.26. The number of ether oxygens (including phenoxy) is 2. The Hall–Kier alpha value is -1.26. The number of aliphatic hydroxyl groups excluding tert-OH is 1. The van der Waals surface area contributed by atoms with Crippen molar-refractivity contribution in [1.29, 1.82) is 0 Å². The van der Waals surface area contributed by atoms with Gasteiger partial charge in [0.2, 0.25) is 0 Å². The standard InChI is InChI=1S/C16H25NO3/c1-15(2)10-12-6-5-7-13(14(12)20-15)19-9-8-16(3,11-18)17-4/h5-7,17-18H,8-11H2,1-4H3. The van der Waals surface area contributed by atoms with Crippen molar-refractivity contribution in [2.45, 2.75) is 44.8 Å². The summed E-state index contributed by atoms with van der Waals surface area (Å²) in [6, 6.07) is 6.03. The molecule has 2 rings (SSSR count). The fourth-order valence-corrected chi connectivity index (χ4v) is 2.37. The van der Waals surface area contributed by atoms with Gasteiger partial charge in [-0.15, -0.1) is 0 Å². The predicted octanol–water partition coefficient (Wildman–Crippen LogP) is 2.14. The maximum Gasteiger partial charge on any atom is 0.165 e. The molecule has 0 bridgehead atoms. The van der Waals surface area contributed by atoms with Gasteiger partial charge in [0.25, 0.3) is 0 Å². The van der Waals surface area contributed by atoms with Crippen molar-refractivity contribution < 1.29 is 14.6 Å². The summed E-state index contributed by atoms with van der Waals surface area (Å²) >= 11 is 0. The van der Waals surface area contributed by atoms with E-state index in [1.165, 1.54) is 5.56 Å². The van der Waals surface area contributed by atoms with E-state index in [1.54, 1.807) is 0 Å². The fraction of sp³-hybridized carbons (Fsp3) is 0.625. The zero-order valence-electron chi connectivity index (χ0n) is 12.8. The normalized spacial score (nSPS) is 19.1. The number of likely N-dealkylation sites (N-methyl/N-ethyl adjacent to an activating group) is 1. The van der Waals surface area contributed by atoms with Crippen molar-refractivity contribution in [1.82, 2.24) is 5.32 Å². The molecule has 4 nitrogen and oxygen atoms in total. The van der Waals surface area contributed by atoms with Crippen LogP contribution in [0.4, 0.5) is 0 Å². The fourth-order valence-electron chi connectivity index (χ4n) is 2.37. The van der Waals surface area contributed by atoms with E-state index >= 15 is 0 Å². The lowest BCUT2D eigenvalue weighted by Crippen LogP contribution is -2.44. The van der Waals surface area contributed by atoms with Crippen LogP contribution >= 0.6 is 0 Å². The Labute approximate surface area is 121 Å². The molecule has 1 unspecified atom stereocenters. The van der Waals surface area contributed by atoms with Gasteiger partial charge in [-0.1, -0.05) is 12.1 Å². The smallest absolute Gasteiger partial charge is 0.165 e. The van der Waals surface area contributed by atoms with Crippen LogP contribution in [0.1, 0.15) is 32.8 Å². The van der Waals surface area contributed by atoms with Gasteiger partial charge in [-0.05, 0) is 33.9 Å². The van der Waals surface area contributed by atoms with Gasteiger partial charge in [0.1, 0.15) is 5.60 Å². The second-order valence-electron chi connectivity index (χ2n) is 6.35. The van der Waals surface area contributed by atoms with Crippen molar-refractivity contribution >= 4 is 0 Å². The Kier molecular flexibility index (Phi) is 4.25. The third-order valence-corrected chi connectivity index (χ3v) is 3.92. The minimum absolute atomic E-state index is 0.0866. The van der Waals surface area contributed by atoms with Gasteiger partial charge in [-0.2, -0.15) is 0 Å². The first-order valence-electron chi connectivity index (χ1n) is 7.13. The molecule has 4 heteroatoms. The highest BCUT2D eigenvalue weighted by atomic mass is 16.5. The molecule has 0 fully saturated rings. The van der Waals surface area contributed by atoms with E-state index in [2.05, 4.69) is 25.2 Å². The van der Waals surface area contributed by atoms with Crippen LogP contribution < -0.4 is 14.8 Å². The molecule has 1 aromatic rings. The third-order valence-electron chi connectivity index (χ3n) is 3.92. The number of para-hydroxylation sites is 1. The molecule has 2 N–H and O–H groups in total. The van der Waals surface area contributed by atoms with Crippen LogP contribution in [0.2, 0.25) is 0 Å². The summed E-state index contributed by atoms with van der Waals surface area (Å²) in [5, 5.41) is 12.5. The number of aliphatic hydroxyl groups is 1. The lowest BCUT2D eigenvalue weighted by atomic mass is 10.0. The van der Waals surface area contributed by atoms with Crippen LogP contribution in [-0.4, -0.2) is 36.5 Å². The van der Waals surface area contributed by atoms with E-state index in [-0.39, 0.29) is 17.7 Å². The zero-order chi connectivity index (χ0) is 14.8. The molecule has 1 heterocycles. The number of rotatable bonds is 6. The minimum Gasteiger partial charge on any atom is -0.490 e. The Morgan fingerprint density at radius 3 is 2.85 bits per heavy atom. The third kappa shape index (κ3) is 3.25. The van der Waals surface area contributed by atoms with Crippen LogP contribution in [0.15, 0.2) is 18.2 Å². The quantitative estimate of drug-likeness (QED) is 0.837. The number of hydrogen-bond donors (Lipinski definition) is 2. The van der Waals surface area contributed by atoms with E-state index in [0.717, 1.165) is 24.3 Å². The Bertz CT molecular complexity index is 467. The summed E-state index contributed by atoms with van der Waals surface area (Å²) in [5.74, 6) is 1.66. The Morgan fingerprint density at radius 1 is 1.45 bits per heavy atom. The number of hydrogen-bond acceptors (Lipinski definition) is 4. The van der Waals surface area contributed by atoms with Gasteiger partial charge < -0.3 is 19.9 Å². The maximum atomic E-state index is 9.36. The van der Waals surface area contributed by atoms with Crippen LogP contribution in [0.5, 0.6) is 11.5 Å². The molecule has 112 valence electrons. The van der Waals surface area contributed by atoms with Gasteiger partial charge >= 0.3 is 0 Å². The van der Waals surface area contributed by atoms with Crippen molar-refractivity contribution in [2.75, 3.05) is 20.3 Å². The lowest BCUT2D eigenvalue weighted by molar-refractivity contribution is 0.126. The summed E-state index contributed by atoms with van der Waals surface area (Å²) in [6.45, 7) is 6.77. The molecular weight excluding hydrogens is 254 g/mol. The highest BCUT2D eigenvalue weighted by Crippen LogP contribution is 2.41. The first-order chi connectivity index (χ1) is 9.39. The Morgan fingerprint density at radius 2 is 2.20 bits per heavy atom. The van der Waals surface area contributed by atoms with Gasteiger partial charge in [-0.3, -0.25) is 0 Å². The molecule has 0 aromatic heterocycles. The SMILES string of the molecule is CNC(C)(CO)CCOc1cccc2c1OC(C)(C)C2. The summed E-state index contributed by atoms with van der Waals surface area (Å²) in [7, 11) is 1.85. The predicted molar refractivity (Wildman–Crippen MR) is 79.5 cm³/mol. The Balaban J connectivity index is 2.01. The average Bonchev–Trinajstić information content (AvgIpc) is 2.73. The zero-order valence-corrected chi connectivity index (χ0v) is 12.8. The highest BCUT2D eigenvalue weighted by molar-refractivity contribution is 5.50. The summed E-state index contributed by atoms with van der Waals surface area (Å²) < 4.78 is 11.8. The van der Waals surface area contributed by atoms with Gasteiger partial charge in [-0.25, -0.2) is 0 Å². The van der Waals surface area contributed by atoms with E-state index < -0.39 is 0 Å². The van der Waals surface area contributed by atoms with Crippen LogP contribution in [-0.2, 0) is 6.42 Å². The average molecular weight is 279 g/mol. The van der Waals surface area contributed by atoms with E-state index in [9.17, 15) is 5.11 Å². The number of fused-ring (bicyclic) bond motifs is 1.